The molecule has 0 unspecified atom stereocenters. The highest BCUT2D eigenvalue weighted by atomic mass is 35.5. The van der Waals surface area contributed by atoms with Gasteiger partial charge in [-0.05, 0) is 0 Å². The van der Waals surface area contributed by atoms with Crippen molar-refractivity contribution in [2.45, 2.75) is 0 Å². The number of hydrogen-bond acceptors (Lipinski definition) is 7. The van der Waals surface area contributed by atoms with E-state index in [1.807, 2.05) is 0 Å². The Morgan fingerprint density at radius 3 is 2.82 bits per heavy atom. The molecule has 7 nitrogen and oxygen atoms in total. The molecule has 0 amide bonds. The van der Waals surface area contributed by atoms with Crippen molar-refractivity contribution in [2.24, 2.45) is 0 Å². The van der Waals surface area contributed by atoms with Crippen molar-refractivity contribution in [2.75, 3.05) is 26.1 Å². The molecule has 0 atom stereocenters. The summed E-state index contributed by atoms with van der Waals surface area (Å²) in [5.74, 6) is -0.939. The minimum absolute atomic E-state index is 0.0627. The van der Waals surface area contributed by atoms with E-state index in [1.165, 1.54) is 7.11 Å². The molecule has 0 saturated heterocycles. The number of carbonyl (C=O) groups is 1. The van der Waals surface area contributed by atoms with E-state index in [2.05, 4.69) is 9.97 Å². The number of halogens is 1. The first-order valence-electron chi connectivity index (χ1n) is 4.49. The number of esters is 1. The van der Waals surface area contributed by atoms with Gasteiger partial charge in [-0.25, -0.2) is 14.8 Å². The molecule has 2 N–H and O–H groups in total. The van der Waals surface area contributed by atoms with Gasteiger partial charge in [-0.15, -0.1) is 0 Å². The van der Waals surface area contributed by atoms with Gasteiger partial charge in [0.25, 0.3) is 0 Å². The van der Waals surface area contributed by atoms with Crippen LogP contribution in [0, 0.1) is 11.3 Å². The third kappa shape index (κ3) is 3.27. The quantitative estimate of drug-likeness (QED) is 0.612. The van der Waals surface area contributed by atoms with Crippen LogP contribution in [0.3, 0.4) is 0 Å². The molecule has 0 bridgehead atoms. The van der Waals surface area contributed by atoms with E-state index in [0.717, 1.165) is 0 Å². The number of rotatable bonds is 4. The second-order valence-corrected chi connectivity index (χ2v) is 3.20. The average Bonchev–Trinajstić information content (AvgIpc) is 2.31. The number of carbonyl (C=O) groups excluding carboxylic acids is 1. The Hall–Kier alpha value is -1.91. The topological polar surface area (TPSA) is 111 Å². The highest BCUT2D eigenvalue weighted by molar-refractivity contribution is 6.32. The van der Waals surface area contributed by atoms with Gasteiger partial charge >= 0.3 is 5.97 Å². The summed E-state index contributed by atoms with van der Waals surface area (Å²) in [5, 5.41) is 8.40. The lowest BCUT2D eigenvalue weighted by Gasteiger charge is -2.05. The summed E-state index contributed by atoms with van der Waals surface area (Å²) in [5.41, 5.74) is 5.05. The van der Waals surface area contributed by atoms with Crippen molar-refractivity contribution < 1.29 is 14.3 Å². The molecule has 17 heavy (non-hydrogen) atoms. The van der Waals surface area contributed by atoms with Crippen molar-refractivity contribution in [3.05, 3.63) is 16.5 Å². The fraction of sp³-hybridized carbons (Fsp3) is 0.333. The predicted octanol–water partition coefficient (Wildman–Crippen LogP) is 0.387. The largest absolute Gasteiger partial charge is 0.458 e. The summed E-state index contributed by atoms with van der Waals surface area (Å²) in [6.07, 6.45) is 0. The first-order valence-corrected chi connectivity index (χ1v) is 4.87. The molecule has 1 rings (SSSR count). The van der Waals surface area contributed by atoms with Crippen LogP contribution < -0.4 is 5.73 Å². The van der Waals surface area contributed by atoms with E-state index in [4.69, 9.17) is 32.1 Å². The minimum atomic E-state index is -0.768. The standard InChI is InChI=1S/C9H9ClN4O3/c1-16-2-3-17-9(15)6-7(10)13-5(4-11)8(12)14-6/h2-3H2,1H3,(H2,12,14). The third-order valence-electron chi connectivity index (χ3n) is 1.70. The maximum atomic E-state index is 11.5. The zero-order chi connectivity index (χ0) is 12.8. The van der Waals surface area contributed by atoms with Crippen molar-refractivity contribution in [3.63, 3.8) is 0 Å². The van der Waals surface area contributed by atoms with Crippen molar-refractivity contribution >= 4 is 23.4 Å². The lowest BCUT2D eigenvalue weighted by Crippen LogP contribution is -2.14. The van der Waals surface area contributed by atoms with Gasteiger partial charge in [-0.1, -0.05) is 11.6 Å². The number of ether oxygens (including phenoxy) is 2. The Kier molecular flexibility index (Phi) is 4.63. The Balaban J connectivity index is 2.88. The number of nitrogens with two attached hydrogens (primary N) is 1. The minimum Gasteiger partial charge on any atom is -0.458 e. The van der Waals surface area contributed by atoms with E-state index in [9.17, 15) is 4.79 Å². The van der Waals surface area contributed by atoms with Crippen LogP contribution >= 0.6 is 11.6 Å². The first-order chi connectivity index (χ1) is 8.10. The molecule has 8 heteroatoms. The lowest BCUT2D eigenvalue weighted by molar-refractivity contribution is 0.0381. The number of aromatic nitrogens is 2. The van der Waals surface area contributed by atoms with Gasteiger partial charge in [0.05, 0.1) is 6.61 Å². The molecule has 1 heterocycles. The first kappa shape index (κ1) is 13.2. The van der Waals surface area contributed by atoms with Crippen LogP contribution in [0.4, 0.5) is 5.82 Å². The number of anilines is 1. The Labute approximate surface area is 102 Å². The molecule has 0 aliphatic carbocycles. The second kappa shape index (κ2) is 5.98. The highest BCUT2D eigenvalue weighted by Gasteiger charge is 2.18. The molecule has 0 radical (unpaired) electrons. The molecular formula is C9H9ClN4O3. The molecular weight excluding hydrogens is 248 g/mol. The molecule has 1 aromatic rings. The summed E-state index contributed by atoms with van der Waals surface area (Å²) in [4.78, 5) is 18.8. The van der Waals surface area contributed by atoms with Gasteiger partial charge in [0.1, 0.15) is 12.7 Å². The molecule has 0 fully saturated rings. The SMILES string of the molecule is COCCOC(=O)c1nc(N)c(C#N)nc1Cl. The molecule has 0 spiro atoms. The van der Waals surface area contributed by atoms with E-state index in [1.54, 1.807) is 6.07 Å². The maximum Gasteiger partial charge on any atom is 0.360 e. The summed E-state index contributed by atoms with van der Waals surface area (Å²) >= 11 is 5.68. The smallest absolute Gasteiger partial charge is 0.360 e. The van der Waals surface area contributed by atoms with Crippen LogP contribution in [0.15, 0.2) is 0 Å². The van der Waals surface area contributed by atoms with Crippen LogP contribution in [0.2, 0.25) is 5.15 Å². The number of hydrogen-bond donors (Lipinski definition) is 1. The summed E-state index contributed by atoms with van der Waals surface area (Å²) in [7, 11) is 1.47. The number of methoxy groups -OCH3 is 1. The monoisotopic (exact) mass is 256 g/mol. The second-order valence-electron chi connectivity index (χ2n) is 2.84. The van der Waals surface area contributed by atoms with Crippen LogP contribution in [0.5, 0.6) is 0 Å². The molecule has 0 aliphatic heterocycles. The highest BCUT2D eigenvalue weighted by Crippen LogP contribution is 2.16. The molecule has 0 aliphatic rings. The maximum absolute atomic E-state index is 11.5. The van der Waals surface area contributed by atoms with Gasteiger partial charge in [-0.3, -0.25) is 0 Å². The zero-order valence-corrected chi connectivity index (χ0v) is 9.69. The summed E-state index contributed by atoms with van der Waals surface area (Å²) < 4.78 is 9.49. The summed E-state index contributed by atoms with van der Waals surface area (Å²) in [6.45, 7) is 0.315. The fourth-order valence-electron chi connectivity index (χ4n) is 0.926. The Morgan fingerprint density at radius 1 is 1.53 bits per heavy atom. The Morgan fingerprint density at radius 2 is 2.24 bits per heavy atom. The fourth-order valence-corrected chi connectivity index (χ4v) is 1.13. The molecule has 90 valence electrons. The van der Waals surface area contributed by atoms with Gasteiger partial charge in [0.2, 0.25) is 0 Å². The van der Waals surface area contributed by atoms with Crippen LogP contribution in [-0.4, -0.2) is 36.3 Å². The zero-order valence-electron chi connectivity index (χ0n) is 8.94. The van der Waals surface area contributed by atoms with Crippen molar-refractivity contribution in [3.8, 4) is 6.07 Å². The van der Waals surface area contributed by atoms with E-state index in [-0.39, 0.29) is 35.6 Å². The number of nitrogen functional groups attached to an aromatic ring is 1. The van der Waals surface area contributed by atoms with Crippen molar-refractivity contribution in [1.29, 1.82) is 5.26 Å². The van der Waals surface area contributed by atoms with Gasteiger partial charge in [-0.2, -0.15) is 5.26 Å². The number of nitriles is 1. The summed E-state index contributed by atoms with van der Waals surface area (Å²) in [6, 6.07) is 1.70. The van der Waals surface area contributed by atoms with E-state index in [0.29, 0.717) is 0 Å². The van der Waals surface area contributed by atoms with E-state index < -0.39 is 5.97 Å². The molecule has 0 aromatic carbocycles. The van der Waals surface area contributed by atoms with E-state index >= 15 is 0 Å². The lowest BCUT2D eigenvalue weighted by atomic mass is 10.4. The predicted molar refractivity (Wildman–Crippen MR) is 58.3 cm³/mol. The van der Waals surface area contributed by atoms with Gasteiger partial charge in [0, 0.05) is 7.11 Å². The van der Waals surface area contributed by atoms with Crippen LogP contribution in [0.1, 0.15) is 16.2 Å². The average molecular weight is 257 g/mol. The van der Waals surface area contributed by atoms with Crippen LogP contribution in [-0.2, 0) is 9.47 Å². The normalized spacial score (nSPS) is 9.71. The number of nitrogens with zero attached hydrogens (tertiary/aromatic N) is 3. The van der Waals surface area contributed by atoms with Crippen molar-refractivity contribution in [1.82, 2.24) is 9.97 Å². The molecule has 1 aromatic heterocycles. The van der Waals surface area contributed by atoms with Gasteiger partial charge in [0.15, 0.2) is 22.4 Å². The van der Waals surface area contributed by atoms with Crippen LogP contribution in [0.25, 0.3) is 0 Å². The third-order valence-corrected chi connectivity index (χ3v) is 1.96. The molecule has 0 saturated carbocycles. The van der Waals surface area contributed by atoms with Gasteiger partial charge < -0.3 is 15.2 Å². The Bertz CT molecular complexity index is 472.